The molecule has 0 aromatic carbocycles. The minimum Gasteiger partial charge on any atom is -0.434 e. The van der Waals surface area contributed by atoms with Gasteiger partial charge in [0.05, 0.1) is 6.61 Å². The number of carbonyl (C=O) groups excluding carboxylic acids is 2. The first-order chi connectivity index (χ1) is 6.81. The normalized spacial score (nSPS) is 9.50. The fourth-order valence-corrected chi connectivity index (χ4v) is 1.11. The van der Waals surface area contributed by atoms with Crippen LogP contribution in [0.1, 0.15) is 45.4 Å². The molecule has 0 aliphatic rings. The van der Waals surface area contributed by atoms with Crippen molar-refractivity contribution >= 4 is 12.6 Å². The summed E-state index contributed by atoms with van der Waals surface area (Å²) < 4.78 is 8.54. The Kier molecular flexibility index (Phi) is 9.26. The quantitative estimate of drug-likeness (QED) is 0.263. The first kappa shape index (κ1) is 12.9. The van der Waals surface area contributed by atoms with Crippen molar-refractivity contribution in [3.05, 3.63) is 0 Å². The molecule has 0 saturated heterocycles. The molecule has 82 valence electrons. The highest BCUT2D eigenvalue weighted by Gasteiger charge is 2.00. The molecule has 0 N–H and O–H groups in total. The van der Waals surface area contributed by atoms with Gasteiger partial charge in [0, 0.05) is 0 Å². The Hall–Kier alpha value is -1.06. The maximum absolute atomic E-state index is 10.5. The maximum Gasteiger partial charge on any atom is 0.515 e. The fraction of sp³-hybridized carbons (Fsp3) is 0.800. The standard InChI is InChI=1S/C10H18O4/c1-2-3-4-5-6-7-8-13-10(12)14-9-11/h9H,2-8H2,1H3. The van der Waals surface area contributed by atoms with Crippen LogP contribution in [0.2, 0.25) is 0 Å². The Morgan fingerprint density at radius 2 is 1.79 bits per heavy atom. The van der Waals surface area contributed by atoms with E-state index in [0.717, 1.165) is 12.8 Å². The SMILES string of the molecule is CCCCCCCCOC(=O)OC=O. The summed E-state index contributed by atoms with van der Waals surface area (Å²) in [5.74, 6) is 0. The summed E-state index contributed by atoms with van der Waals surface area (Å²) in [6, 6.07) is 0. The zero-order chi connectivity index (χ0) is 10.6. The second-order valence-electron chi connectivity index (χ2n) is 3.08. The van der Waals surface area contributed by atoms with Crippen LogP contribution in [0.3, 0.4) is 0 Å². The molecule has 0 unspecified atom stereocenters. The summed E-state index contributed by atoms with van der Waals surface area (Å²) in [6.45, 7) is 2.57. The van der Waals surface area contributed by atoms with Gasteiger partial charge in [-0.25, -0.2) is 4.79 Å². The van der Waals surface area contributed by atoms with Gasteiger partial charge in [-0.15, -0.1) is 0 Å². The summed E-state index contributed by atoms with van der Waals surface area (Å²) in [6.07, 6.45) is 5.85. The minimum absolute atomic E-state index is 0.0730. The summed E-state index contributed by atoms with van der Waals surface area (Å²) in [5, 5.41) is 0. The molecular formula is C10H18O4. The Balaban J connectivity index is 3.05. The first-order valence-electron chi connectivity index (χ1n) is 5.08. The Bertz CT molecular complexity index is 156. The second-order valence-corrected chi connectivity index (χ2v) is 3.08. The zero-order valence-electron chi connectivity index (χ0n) is 8.66. The number of unbranched alkanes of at least 4 members (excludes halogenated alkanes) is 5. The van der Waals surface area contributed by atoms with Crippen molar-refractivity contribution < 1.29 is 19.1 Å². The van der Waals surface area contributed by atoms with Gasteiger partial charge >= 0.3 is 12.6 Å². The van der Waals surface area contributed by atoms with Crippen molar-refractivity contribution in [2.45, 2.75) is 45.4 Å². The van der Waals surface area contributed by atoms with E-state index in [0.29, 0.717) is 6.61 Å². The molecule has 0 aromatic heterocycles. The lowest BCUT2D eigenvalue weighted by molar-refractivity contribution is -0.125. The predicted molar refractivity (Wildman–Crippen MR) is 51.9 cm³/mol. The topological polar surface area (TPSA) is 52.6 Å². The van der Waals surface area contributed by atoms with E-state index >= 15 is 0 Å². The molecule has 0 amide bonds. The van der Waals surface area contributed by atoms with Crippen molar-refractivity contribution in [3.63, 3.8) is 0 Å². The monoisotopic (exact) mass is 202 g/mol. The van der Waals surface area contributed by atoms with Gasteiger partial charge in [0.2, 0.25) is 0 Å². The number of ether oxygens (including phenoxy) is 2. The van der Waals surface area contributed by atoms with Crippen molar-refractivity contribution in [1.82, 2.24) is 0 Å². The van der Waals surface area contributed by atoms with E-state index in [1.54, 1.807) is 0 Å². The van der Waals surface area contributed by atoms with Gasteiger partial charge in [0.1, 0.15) is 0 Å². The highest BCUT2D eigenvalue weighted by atomic mass is 16.7. The fourth-order valence-electron chi connectivity index (χ4n) is 1.11. The van der Waals surface area contributed by atoms with Gasteiger partial charge in [-0.2, -0.15) is 0 Å². The van der Waals surface area contributed by atoms with Crippen LogP contribution >= 0.6 is 0 Å². The number of rotatable bonds is 8. The largest absolute Gasteiger partial charge is 0.515 e. The highest BCUT2D eigenvalue weighted by molar-refractivity contribution is 5.69. The number of hydrogen-bond acceptors (Lipinski definition) is 4. The van der Waals surface area contributed by atoms with Gasteiger partial charge in [-0.1, -0.05) is 39.0 Å². The van der Waals surface area contributed by atoms with Crippen LogP contribution in [-0.4, -0.2) is 19.2 Å². The lowest BCUT2D eigenvalue weighted by Crippen LogP contribution is -2.06. The second kappa shape index (κ2) is 10.0. The molecule has 14 heavy (non-hydrogen) atoms. The van der Waals surface area contributed by atoms with Crippen LogP contribution in [0, 0.1) is 0 Å². The third-order valence-corrected chi connectivity index (χ3v) is 1.86. The summed E-state index contributed by atoms with van der Waals surface area (Å²) in [5.41, 5.74) is 0. The van der Waals surface area contributed by atoms with Crippen molar-refractivity contribution in [2.75, 3.05) is 6.61 Å². The van der Waals surface area contributed by atoms with E-state index in [2.05, 4.69) is 16.4 Å². The maximum atomic E-state index is 10.5. The zero-order valence-corrected chi connectivity index (χ0v) is 8.66. The number of hydrogen-bond donors (Lipinski definition) is 0. The minimum atomic E-state index is -0.909. The van der Waals surface area contributed by atoms with E-state index in [1.807, 2.05) is 0 Å². The third-order valence-electron chi connectivity index (χ3n) is 1.86. The summed E-state index contributed by atoms with van der Waals surface area (Å²) in [4.78, 5) is 20.2. The smallest absolute Gasteiger partial charge is 0.434 e. The highest BCUT2D eigenvalue weighted by Crippen LogP contribution is 2.04. The lowest BCUT2D eigenvalue weighted by Gasteiger charge is -2.01. The van der Waals surface area contributed by atoms with E-state index in [4.69, 9.17) is 0 Å². The van der Waals surface area contributed by atoms with E-state index in [-0.39, 0.29) is 6.47 Å². The predicted octanol–water partition coefficient (Wildman–Crippen LogP) is 2.66. The van der Waals surface area contributed by atoms with Gasteiger partial charge < -0.3 is 9.47 Å². The molecule has 4 heteroatoms. The van der Waals surface area contributed by atoms with Crippen LogP contribution in [0.15, 0.2) is 0 Å². The Labute approximate surface area is 84.6 Å². The average Bonchev–Trinajstić information content (AvgIpc) is 2.17. The van der Waals surface area contributed by atoms with Crippen molar-refractivity contribution in [3.8, 4) is 0 Å². The molecule has 4 nitrogen and oxygen atoms in total. The van der Waals surface area contributed by atoms with E-state index in [9.17, 15) is 9.59 Å². The third kappa shape index (κ3) is 9.03. The summed E-state index contributed by atoms with van der Waals surface area (Å²) >= 11 is 0. The van der Waals surface area contributed by atoms with Crippen molar-refractivity contribution in [2.24, 2.45) is 0 Å². The Morgan fingerprint density at radius 3 is 2.43 bits per heavy atom. The van der Waals surface area contributed by atoms with Crippen LogP contribution in [0.5, 0.6) is 0 Å². The Morgan fingerprint density at radius 1 is 1.14 bits per heavy atom. The molecule has 0 aliphatic carbocycles. The van der Waals surface area contributed by atoms with E-state index < -0.39 is 6.16 Å². The molecule has 0 atom stereocenters. The first-order valence-corrected chi connectivity index (χ1v) is 5.08. The van der Waals surface area contributed by atoms with E-state index in [1.165, 1.54) is 25.7 Å². The van der Waals surface area contributed by atoms with Crippen molar-refractivity contribution in [1.29, 1.82) is 0 Å². The summed E-state index contributed by atoms with van der Waals surface area (Å²) in [7, 11) is 0. The van der Waals surface area contributed by atoms with Gasteiger partial charge in [-0.3, -0.25) is 4.79 Å². The molecule has 0 aliphatic heterocycles. The molecule has 0 heterocycles. The van der Waals surface area contributed by atoms with Crippen LogP contribution in [0.25, 0.3) is 0 Å². The lowest BCUT2D eigenvalue weighted by atomic mass is 10.1. The van der Waals surface area contributed by atoms with Gasteiger partial charge in [-0.05, 0) is 6.42 Å². The molecule has 0 aromatic rings. The van der Waals surface area contributed by atoms with Gasteiger partial charge in [0.15, 0.2) is 0 Å². The van der Waals surface area contributed by atoms with Crippen LogP contribution in [0.4, 0.5) is 4.79 Å². The molecule has 0 saturated carbocycles. The van der Waals surface area contributed by atoms with Crippen LogP contribution < -0.4 is 0 Å². The molecule has 0 bridgehead atoms. The molecule has 0 rings (SSSR count). The van der Waals surface area contributed by atoms with Gasteiger partial charge in [0.25, 0.3) is 0 Å². The molecule has 0 fully saturated rings. The van der Waals surface area contributed by atoms with Crippen LogP contribution in [-0.2, 0) is 14.3 Å². The molecular weight excluding hydrogens is 184 g/mol. The number of carbonyl (C=O) groups is 2. The molecule has 0 radical (unpaired) electrons. The molecule has 0 spiro atoms. The average molecular weight is 202 g/mol.